The van der Waals surface area contributed by atoms with E-state index in [2.05, 4.69) is 20.7 Å². The number of primary amides is 1. The smallest absolute Gasteiger partial charge is 0.419 e. The van der Waals surface area contributed by atoms with Crippen LogP contribution in [-0.2, 0) is 20.0 Å². The summed E-state index contributed by atoms with van der Waals surface area (Å²) in [5.41, 5.74) is 9.36. The number of nitrogens with one attached hydrogen (secondary N) is 2. The molecule has 3 heterocycles. The first-order valence-electron chi connectivity index (χ1n) is 13.2. The molecule has 1 atom stereocenters. The minimum absolute atomic E-state index is 0.0511. The summed E-state index contributed by atoms with van der Waals surface area (Å²) >= 11 is 0. The number of carboxylic acid groups (broad SMARTS) is 1. The number of hydrogen-bond acceptors (Lipinski definition) is 8. The van der Waals surface area contributed by atoms with Crippen LogP contribution in [0.25, 0.3) is 16.7 Å². The van der Waals surface area contributed by atoms with Crippen molar-refractivity contribution in [3.8, 4) is 0 Å². The summed E-state index contributed by atoms with van der Waals surface area (Å²) in [5.74, 6) is -3.57. The van der Waals surface area contributed by atoms with Crippen molar-refractivity contribution >= 4 is 40.4 Å². The Labute approximate surface area is 242 Å². The van der Waals surface area contributed by atoms with Crippen LogP contribution in [0.5, 0.6) is 0 Å². The van der Waals surface area contributed by atoms with Gasteiger partial charge in [0.2, 0.25) is 0 Å². The molecule has 3 amide bonds. The summed E-state index contributed by atoms with van der Waals surface area (Å²) in [6.45, 7) is 1.81. The van der Waals surface area contributed by atoms with Crippen molar-refractivity contribution < 1.29 is 28.7 Å². The zero-order valence-electron chi connectivity index (χ0n) is 23.0. The molecule has 218 valence electrons. The van der Waals surface area contributed by atoms with Crippen molar-refractivity contribution in [1.82, 2.24) is 29.8 Å². The predicted octanol–water partition coefficient (Wildman–Crippen LogP) is 1.63. The highest BCUT2D eigenvalue weighted by atomic mass is 16.4. The molecule has 0 saturated heterocycles. The van der Waals surface area contributed by atoms with Gasteiger partial charge in [-0.3, -0.25) is 19.0 Å². The SMILES string of the molecule is Cc1c(C(=O)O)ccc2c1CC[C@@H]2NC(=O)c1cc(C(=O)NCc2ccc3oc(=O)n(C)c3c2)nc2c(C(N)=O)cnn12. The first-order valence-corrected chi connectivity index (χ1v) is 13.2. The number of amides is 3. The van der Waals surface area contributed by atoms with E-state index in [0.717, 1.165) is 15.6 Å². The zero-order chi connectivity index (χ0) is 30.6. The van der Waals surface area contributed by atoms with Crippen LogP contribution in [0.3, 0.4) is 0 Å². The van der Waals surface area contributed by atoms with Gasteiger partial charge < -0.3 is 25.9 Å². The van der Waals surface area contributed by atoms with E-state index in [-0.39, 0.29) is 34.7 Å². The summed E-state index contributed by atoms with van der Waals surface area (Å²) in [4.78, 5) is 66.5. The lowest BCUT2D eigenvalue weighted by molar-refractivity contribution is 0.0695. The van der Waals surface area contributed by atoms with Gasteiger partial charge in [0.25, 0.3) is 17.7 Å². The van der Waals surface area contributed by atoms with Gasteiger partial charge in [-0.1, -0.05) is 12.1 Å². The molecule has 2 aromatic carbocycles. The van der Waals surface area contributed by atoms with Gasteiger partial charge in [-0.15, -0.1) is 0 Å². The number of carbonyl (C=O) groups excluding carboxylic acids is 3. The molecule has 43 heavy (non-hydrogen) atoms. The first-order chi connectivity index (χ1) is 20.5. The summed E-state index contributed by atoms with van der Waals surface area (Å²) in [5, 5.41) is 19.3. The molecule has 0 bridgehead atoms. The average molecular weight is 584 g/mol. The number of aryl methyl sites for hydroxylation is 1. The van der Waals surface area contributed by atoms with E-state index in [4.69, 9.17) is 10.2 Å². The lowest BCUT2D eigenvalue weighted by atomic mass is 9.98. The van der Waals surface area contributed by atoms with Gasteiger partial charge in [-0.25, -0.2) is 19.1 Å². The predicted molar refractivity (Wildman–Crippen MR) is 151 cm³/mol. The Morgan fingerprint density at radius 2 is 1.91 bits per heavy atom. The molecule has 3 aromatic heterocycles. The normalized spacial score (nSPS) is 14.1. The van der Waals surface area contributed by atoms with Crippen molar-refractivity contribution in [3.63, 3.8) is 0 Å². The minimum atomic E-state index is -1.02. The van der Waals surface area contributed by atoms with Crippen LogP contribution in [0, 0.1) is 6.92 Å². The number of oxazole rings is 1. The fourth-order valence-electron chi connectivity index (χ4n) is 5.46. The number of nitrogens with zero attached hydrogens (tertiary/aromatic N) is 4. The molecule has 6 rings (SSSR count). The van der Waals surface area contributed by atoms with Crippen LogP contribution >= 0.6 is 0 Å². The Balaban J connectivity index is 1.29. The molecular weight excluding hydrogens is 558 g/mol. The molecule has 1 aliphatic carbocycles. The van der Waals surface area contributed by atoms with Crippen molar-refractivity contribution in [2.75, 3.05) is 0 Å². The van der Waals surface area contributed by atoms with E-state index in [9.17, 15) is 29.1 Å². The highest BCUT2D eigenvalue weighted by molar-refractivity contribution is 6.02. The highest BCUT2D eigenvalue weighted by Gasteiger charge is 2.29. The molecule has 0 unspecified atom stereocenters. The van der Waals surface area contributed by atoms with Crippen LogP contribution in [0.15, 0.2) is 51.8 Å². The van der Waals surface area contributed by atoms with Crippen LogP contribution in [-0.4, -0.2) is 48.0 Å². The summed E-state index contributed by atoms with van der Waals surface area (Å²) in [6, 6.07) is 9.11. The van der Waals surface area contributed by atoms with E-state index in [1.54, 1.807) is 38.2 Å². The Morgan fingerprint density at radius 3 is 2.65 bits per heavy atom. The molecule has 1 aliphatic rings. The largest absolute Gasteiger partial charge is 0.478 e. The second kappa shape index (κ2) is 10.2. The third kappa shape index (κ3) is 4.67. The lowest BCUT2D eigenvalue weighted by Gasteiger charge is -2.16. The Hall–Kier alpha value is -5.79. The first kappa shape index (κ1) is 27.4. The molecule has 0 spiro atoms. The van der Waals surface area contributed by atoms with Gasteiger partial charge >= 0.3 is 11.7 Å². The lowest BCUT2D eigenvalue weighted by Crippen LogP contribution is -2.31. The number of benzene rings is 2. The van der Waals surface area contributed by atoms with Crippen LogP contribution in [0.1, 0.15) is 76.4 Å². The fourth-order valence-corrected chi connectivity index (χ4v) is 5.46. The second-order valence-electron chi connectivity index (χ2n) is 10.3. The monoisotopic (exact) mass is 583 g/mol. The maximum atomic E-state index is 13.6. The molecule has 0 radical (unpaired) electrons. The third-order valence-electron chi connectivity index (χ3n) is 7.74. The van der Waals surface area contributed by atoms with E-state index in [0.29, 0.717) is 35.1 Å². The average Bonchev–Trinajstić information content (AvgIpc) is 3.67. The number of nitrogens with two attached hydrogens (primary N) is 1. The number of aromatic carboxylic acids is 1. The fraction of sp³-hybridized carbons (Fsp3) is 0.207. The Kier molecular flexibility index (Phi) is 6.52. The van der Waals surface area contributed by atoms with Crippen molar-refractivity contribution in [2.24, 2.45) is 12.8 Å². The summed E-state index contributed by atoms with van der Waals surface area (Å²) in [7, 11) is 1.57. The summed E-state index contributed by atoms with van der Waals surface area (Å²) in [6.07, 6.45) is 2.30. The van der Waals surface area contributed by atoms with Crippen molar-refractivity contribution in [1.29, 1.82) is 0 Å². The van der Waals surface area contributed by atoms with Crippen LogP contribution in [0.4, 0.5) is 0 Å². The molecule has 14 heteroatoms. The second-order valence-corrected chi connectivity index (χ2v) is 10.3. The van der Waals surface area contributed by atoms with E-state index in [1.165, 1.54) is 22.9 Å². The van der Waals surface area contributed by atoms with Gasteiger partial charge in [-0.05, 0) is 60.2 Å². The third-order valence-corrected chi connectivity index (χ3v) is 7.74. The van der Waals surface area contributed by atoms with E-state index < -0.39 is 35.5 Å². The van der Waals surface area contributed by atoms with Gasteiger partial charge in [0, 0.05) is 19.7 Å². The standard InChI is InChI=1S/C29H25N7O7/c1-13-15-6-7-19(17(15)5-4-16(13)28(40)41)34-27(39)22-10-20(33-25-18(24(30)37)12-32-36(22)25)26(38)31-11-14-3-8-23-21(9-14)35(2)29(42)43-23/h3-5,8-10,12,19H,6-7,11H2,1-2H3,(H2,30,37)(H,31,38)(H,34,39)(H,40,41)/t19-/m0/s1. The number of carboxylic acids is 1. The van der Waals surface area contributed by atoms with Gasteiger partial charge in [0.1, 0.15) is 17.0 Å². The van der Waals surface area contributed by atoms with Crippen molar-refractivity contribution in [2.45, 2.75) is 32.4 Å². The van der Waals surface area contributed by atoms with E-state index >= 15 is 0 Å². The van der Waals surface area contributed by atoms with Gasteiger partial charge in [0.05, 0.1) is 23.3 Å². The number of hydrogen-bond donors (Lipinski definition) is 4. The van der Waals surface area contributed by atoms with E-state index in [1.807, 2.05) is 0 Å². The highest BCUT2D eigenvalue weighted by Crippen LogP contribution is 2.35. The molecule has 5 aromatic rings. The Bertz CT molecular complexity index is 2070. The number of rotatable bonds is 7. The topological polar surface area (TPSA) is 204 Å². The molecule has 5 N–H and O–H groups in total. The maximum Gasteiger partial charge on any atom is 0.419 e. The summed E-state index contributed by atoms with van der Waals surface area (Å²) < 4.78 is 7.63. The molecule has 0 fully saturated rings. The maximum absolute atomic E-state index is 13.6. The number of aromatic nitrogens is 4. The molecule has 14 nitrogen and oxygen atoms in total. The number of carbonyl (C=O) groups is 4. The van der Waals surface area contributed by atoms with Crippen LogP contribution in [0.2, 0.25) is 0 Å². The molecule has 0 aliphatic heterocycles. The molecular formula is C29H25N7O7. The van der Waals surface area contributed by atoms with Gasteiger partial charge in [0.15, 0.2) is 11.2 Å². The van der Waals surface area contributed by atoms with Gasteiger partial charge in [-0.2, -0.15) is 5.10 Å². The quantitative estimate of drug-likeness (QED) is 0.219. The zero-order valence-corrected chi connectivity index (χ0v) is 23.0. The molecule has 0 saturated carbocycles. The van der Waals surface area contributed by atoms with Crippen LogP contribution < -0.4 is 22.1 Å². The minimum Gasteiger partial charge on any atom is -0.478 e. The Morgan fingerprint density at radius 1 is 1.12 bits per heavy atom. The number of fused-ring (bicyclic) bond motifs is 3. The van der Waals surface area contributed by atoms with Crippen molar-refractivity contribution in [3.05, 3.63) is 97.9 Å².